The Bertz CT molecular complexity index is 411. The van der Waals surface area contributed by atoms with Gasteiger partial charge in [0.2, 0.25) is 0 Å². The molecule has 1 aromatic rings. The van der Waals surface area contributed by atoms with Crippen molar-refractivity contribution in [1.29, 1.82) is 0 Å². The molecule has 1 aromatic carbocycles. The molecule has 15 heavy (non-hydrogen) atoms. The van der Waals surface area contributed by atoms with E-state index in [1.807, 2.05) is 19.9 Å². The Balaban J connectivity index is 2.90. The van der Waals surface area contributed by atoms with E-state index in [9.17, 15) is 4.79 Å². The molecule has 0 aromatic heterocycles. The average molecular weight is 205 g/mol. The van der Waals surface area contributed by atoms with Crippen molar-refractivity contribution in [3.05, 3.63) is 34.4 Å². The number of hydrazone groups is 1. The molecular formula is C11H15N3O. The van der Waals surface area contributed by atoms with Crippen molar-refractivity contribution < 1.29 is 4.79 Å². The highest BCUT2D eigenvalue weighted by Crippen LogP contribution is 2.13. The number of hydrogen-bond acceptors (Lipinski definition) is 2. The summed E-state index contributed by atoms with van der Waals surface area (Å²) >= 11 is 0. The minimum atomic E-state index is -0.660. The maximum absolute atomic E-state index is 10.4. The van der Waals surface area contributed by atoms with E-state index in [4.69, 9.17) is 5.73 Å². The average Bonchev–Trinajstić information content (AvgIpc) is 2.13. The van der Waals surface area contributed by atoms with Gasteiger partial charge in [0.25, 0.3) is 0 Å². The molecule has 0 saturated carbocycles. The monoisotopic (exact) mass is 205 g/mol. The molecule has 0 aliphatic carbocycles. The van der Waals surface area contributed by atoms with Gasteiger partial charge in [0.05, 0.1) is 6.21 Å². The van der Waals surface area contributed by atoms with Crippen molar-refractivity contribution in [3.63, 3.8) is 0 Å². The van der Waals surface area contributed by atoms with E-state index < -0.39 is 6.03 Å². The summed E-state index contributed by atoms with van der Waals surface area (Å²) in [6.07, 6.45) is 1.59. The van der Waals surface area contributed by atoms with Gasteiger partial charge in [-0.2, -0.15) is 5.10 Å². The largest absolute Gasteiger partial charge is 0.350 e. The number of nitrogens with one attached hydrogen (secondary N) is 1. The third kappa shape index (κ3) is 3.09. The van der Waals surface area contributed by atoms with E-state index in [2.05, 4.69) is 23.5 Å². The minimum Gasteiger partial charge on any atom is -0.350 e. The molecule has 3 N–H and O–H groups in total. The summed E-state index contributed by atoms with van der Waals surface area (Å²) in [6, 6.07) is 3.45. The molecule has 0 aliphatic heterocycles. The van der Waals surface area contributed by atoms with Crippen LogP contribution in [0.15, 0.2) is 17.2 Å². The Labute approximate surface area is 89.2 Å². The zero-order valence-electron chi connectivity index (χ0n) is 9.16. The van der Waals surface area contributed by atoms with E-state index in [0.29, 0.717) is 0 Å². The van der Waals surface area contributed by atoms with Crippen LogP contribution in [0.1, 0.15) is 22.3 Å². The molecule has 80 valence electrons. The molecule has 1 rings (SSSR count). The van der Waals surface area contributed by atoms with E-state index in [-0.39, 0.29) is 0 Å². The first-order chi connectivity index (χ1) is 7.00. The predicted octanol–water partition coefficient (Wildman–Crippen LogP) is 1.61. The molecule has 2 amide bonds. The van der Waals surface area contributed by atoms with Crippen LogP contribution in [-0.4, -0.2) is 12.2 Å². The number of nitrogens with zero attached hydrogens (tertiary/aromatic N) is 1. The lowest BCUT2D eigenvalue weighted by atomic mass is 10.0. The molecule has 0 atom stereocenters. The molecule has 0 heterocycles. The number of hydrogen-bond donors (Lipinski definition) is 2. The van der Waals surface area contributed by atoms with Gasteiger partial charge in [-0.15, -0.1) is 0 Å². The van der Waals surface area contributed by atoms with Gasteiger partial charge in [-0.05, 0) is 49.1 Å². The first-order valence-corrected chi connectivity index (χ1v) is 4.67. The molecule has 4 heteroatoms. The second-order valence-electron chi connectivity index (χ2n) is 3.53. The van der Waals surface area contributed by atoms with Gasteiger partial charge in [-0.1, -0.05) is 6.07 Å². The standard InChI is InChI=1S/C11H15N3O/c1-7-4-9(3)10(5-8(7)2)6-13-14-11(12)15/h4-6H,1-3H3,(H3,12,14,15)/b13-6+. The number of amides is 2. The Kier molecular flexibility index (Phi) is 3.44. The number of urea groups is 1. The van der Waals surface area contributed by atoms with Gasteiger partial charge in [-0.3, -0.25) is 0 Å². The smallest absolute Gasteiger partial charge is 0.332 e. The summed E-state index contributed by atoms with van der Waals surface area (Å²) in [5.74, 6) is 0. The van der Waals surface area contributed by atoms with Gasteiger partial charge in [0.15, 0.2) is 0 Å². The van der Waals surface area contributed by atoms with Crippen molar-refractivity contribution in [2.75, 3.05) is 0 Å². The lowest BCUT2D eigenvalue weighted by Crippen LogP contribution is -2.24. The van der Waals surface area contributed by atoms with Crippen LogP contribution in [-0.2, 0) is 0 Å². The highest BCUT2D eigenvalue weighted by Gasteiger charge is 1.99. The molecule has 0 spiro atoms. The molecule has 0 radical (unpaired) electrons. The fraction of sp³-hybridized carbons (Fsp3) is 0.273. The van der Waals surface area contributed by atoms with Crippen molar-refractivity contribution in [3.8, 4) is 0 Å². The van der Waals surface area contributed by atoms with Gasteiger partial charge < -0.3 is 5.73 Å². The van der Waals surface area contributed by atoms with Crippen molar-refractivity contribution >= 4 is 12.2 Å². The third-order valence-electron chi connectivity index (χ3n) is 2.26. The number of nitrogens with two attached hydrogens (primary N) is 1. The van der Waals surface area contributed by atoms with Crippen LogP contribution >= 0.6 is 0 Å². The van der Waals surface area contributed by atoms with Crippen LogP contribution in [0, 0.1) is 20.8 Å². The zero-order chi connectivity index (χ0) is 11.4. The predicted molar refractivity (Wildman–Crippen MR) is 61.0 cm³/mol. The van der Waals surface area contributed by atoms with Crippen LogP contribution in [0.3, 0.4) is 0 Å². The second-order valence-corrected chi connectivity index (χ2v) is 3.53. The lowest BCUT2D eigenvalue weighted by Gasteiger charge is -2.05. The zero-order valence-corrected chi connectivity index (χ0v) is 9.16. The number of aryl methyl sites for hydroxylation is 3. The van der Waals surface area contributed by atoms with Crippen molar-refractivity contribution in [1.82, 2.24) is 5.43 Å². The molecule has 4 nitrogen and oxygen atoms in total. The van der Waals surface area contributed by atoms with Crippen molar-refractivity contribution in [2.24, 2.45) is 10.8 Å². The SMILES string of the molecule is Cc1cc(C)c(/C=N/NC(N)=O)cc1C. The summed E-state index contributed by atoms with van der Waals surface area (Å²) in [5, 5.41) is 3.72. The summed E-state index contributed by atoms with van der Waals surface area (Å²) in [7, 11) is 0. The summed E-state index contributed by atoms with van der Waals surface area (Å²) in [4.78, 5) is 10.4. The molecule has 0 bridgehead atoms. The van der Waals surface area contributed by atoms with Crippen LogP contribution in [0.25, 0.3) is 0 Å². The number of primary amides is 1. The first kappa shape index (κ1) is 11.2. The van der Waals surface area contributed by atoms with Gasteiger partial charge in [0.1, 0.15) is 0 Å². The van der Waals surface area contributed by atoms with Gasteiger partial charge in [-0.25, -0.2) is 10.2 Å². The Hall–Kier alpha value is -1.84. The highest BCUT2D eigenvalue weighted by atomic mass is 16.2. The number of benzene rings is 1. The van der Waals surface area contributed by atoms with Gasteiger partial charge >= 0.3 is 6.03 Å². The first-order valence-electron chi connectivity index (χ1n) is 4.67. The summed E-state index contributed by atoms with van der Waals surface area (Å²) in [6.45, 7) is 6.09. The molecule has 0 unspecified atom stereocenters. The van der Waals surface area contributed by atoms with Crippen LogP contribution in [0.5, 0.6) is 0 Å². The Morgan fingerprint density at radius 3 is 2.47 bits per heavy atom. The van der Waals surface area contributed by atoms with E-state index in [0.717, 1.165) is 11.1 Å². The third-order valence-corrected chi connectivity index (χ3v) is 2.26. The molecule has 0 fully saturated rings. The molecule has 0 aliphatic rings. The number of carbonyl (C=O) groups is 1. The van der Waals surface area contributed by atoms with Crippen LogP contribution < -0.4 is 11.2 Å². The second kappa shape index (κ2) is 4.59. The van der Waals surface area contributed by atoms with Crippen LogP contribution in [0.4, 0.5) is 4.79 Å². The maximum Gasteiger partial charge on any atom is 0.332 e. The topological polar surface area (TPSA) is 67.5 Å². The van der Waals surface area contributed by atoms with E-state index >= 15 is 0 Å². The highest BCUT2D eigenvalue weighted by molar-refractivity contribution is 5.83. The summed E-state index contributed by atoms with van der Waals surface area (Å²) < 4.78 is 0. The summed E-state index contributed by atoms with van der Waals surface area (Å²) in [5.41, 5.74) is 11.6. The fourth-order valence-corrected chi connectivity index (χ4v) is 1.29. The normalized spacial score (nSPS) is 10.6. The Morgan fingerprint density at radius 2 is 1.87 bits per heavy atom. The molecular weight excluding hydrogens is 190 g/mol. The number of rotatable bonds is 2. The quantitative estimate of drug-likeness (QED) is 0.559. The fourth-order valence-electron chi connectivity index (χ4n) is 1.29. The van der Waals surface area contributed by atoms with Crippen molar-refractivity contribution in [2.45, 2.75) is 20.8 Å². The Morgan fingerprint density at radius 1 is 1.27 bits per heavy atom. The van der Waals surface area contributed by atoms with E-state index in [1.165, 1.54) is 11.1 Å². The molecule has 0 saturated heterocycles. The lowest BCUT2D eigenvalue weighted by molar-refractivity contribution is 0.249. The van der Waals surface area contributed by atoms with Crippen LogP contribution in [0.2, 0.25) is 0 Å². The number of carbonyl (C=O) groups excluding carboxylic acids is 1. The van der Waals surface area contributed by atoms with E-state index in [1.54, 1.807) is 6.21 Å². The maximum atomic E-state index is 10.4. The van der Waals surface area contributed by atoms with Gasteiger partial charge in [0, 0.05) is 0 Å². The minimum absolute atomic E-state index is 0.660.